The van der Waals surface area contributed by atoms with Crippen molar-refractivity contribution in [1.82, 2.24) is 5.32 Å². The van der Waals surface area contributed by atoms with Crippen LogP contribution in [0.2, 0.25) is 5.02 Å². The van der Waals surface area contributed by atoms with Crippen molar-refractivity contribution in [2.75, 3.05) is 0 Å². The van der Waals surface area contributed by atoms with E-state index in [1.165, 1.54) is 0 Å². The van der Waals surface area contributed by atoms with Gasteiger partial charge >= 0.3 is 0 Å². The van der Waals surface area contributed by atoms with Crippen molar-refractivity contribution in [3.05, 3.63) is 38.9 Å². The first-order chi connectivity index (χ1) is 8.66. The second kappa shape index (κ2) is 4.66. The third kappa shape index (κ3) is 1.97. The van der Waals surface area contributed by atoms with E-state index in [1.807, 2.05) is 0 Å². The van der Waals surface area contributed by atoms with Gasteiger partial charge in [0.1, 0.15) is 5.75 Å². The summed E-state index contributed by atoms with van der Waals surface area (Å²) in [6.45, 7) is 0. The summed E-state index contributed by atoms with van der Waals surface area (Å²) >= 11 is 5.90. The predicted molar refractivity (Wildman–Crippen MR) is 80.5 cm³/mol. The number of aromatic hydroxyl groups is 1. The lowest BCUT2D eigenvalue weighted by molar-refractivity contribution is -0.120. The maximum Gasteiger partial charge on any atom is 0.228 e. The molecule has 3 rings (SSSR count). The Balaban J connectivity index is 2.05. The first-order valence-electron chi connectivity index (χ1n) is 5.57. The second-order valence-corrected chi connectivity index (χ2v) is 6.96. The molecule has 0 spiro atoms. The number of fused-ring (bicyclic) bond motifs is 1. The van der Waals surface area contributed by atoms with Crippen LogP contribution in [0.25, 0.3) is 0 Å². The third-order valence-electron chi connectivity index (χ3n) is 3.29. The summed E-state index contributed by atoms with van der Waals surface area (Å²) in [7, 11) is 0. The number of halogens is 2. The van der Waals surface area contributed by atoms with E-state index in [1.54, 1.807) is 18.2 Å². The molecule has 5 heteroatoms. The second-order valence-electron chi connectivity index (χ2n) is 4.36. The highest BCUT2D eigenvalue weighted by Gasteiger charge is 2.42. The zero-order valence-electron chi connectivity index (χ0n) is 9.31. The van der Waals surface area contributed by atoms with Crippen molar-refractivity contribution >= 4 is 42.3 Å². The molecule has 2 aliphatic rings. The topological polar surface area (TPSA) is 49.3 Å². The van der Waals surface area contributed by atoms with Gasteiger partial charge < -0.3 is 10.4 Å². The molecule has 18 heavy (non-hydrogen) atoms. The Labute approximate surface area is 120 Å². The van der Waals surface area contributed by atoms with Crippen LogP contribution in [0, 0.1) is 5.92 Å². The predicted octanol–water partition coefficient (Wildman–Crippen LogP) is 2.54. The van der Waals surface area contributed by atoms with E-state index in [-0.39, 0.29) is 50.3 Å². The number of benzene rings is 1. The highest BCUT2D eigenvalue weighted by atomic mass is 127. The molecule has 3 unspecified atom stereocenters. The lowest BCUT2D eigenvalue weighted by Gasteiger charge is -2.19. The number of phenols is 1. The normalized spacial score (nSPS) is 29.6. The van der Waals surface area contributed by atoms with Gasteiger partial charge in [-0.25, -0.2) is 0 Å². The van der Waals surface area contributed by atoms with Crippen molar-refractivity contribution in [2.24, 2.45) is 5.92 Å². The first-order valence-corrected chi connectivity index (χ1v) is 8.44. The van der Waals surface area contributed by atoms with Crippen LogP contribution in [-0.2, 0) is 4.79 Å². The SMILES string of the molecule is O=C1NC2C=IC=CC2C1c1cc(Cl)ccc1O. The highest BCUT2D eigenvalue weighted by molar-refractivity contribution is 14.2. The van der Waals surface area contributed by atoms with Gasteiger partial charge in [-0.2, -0.15) is 0 Å². The molecule has 3 atom stereocenters. The van der Waals surface area contributed by atoms with Crippen LogP contribution in [0.1, 0.15) is 11.5 Å². The van der Waals surface area contributed by atoms with Gasteiger partial charge in [0.05, 0.1) is 12.0 Å². The van der Waals surface area contributed by atoms with Gasteiger partial charge in [-0.15, -0.1) is 0 Å². The number of carbonyl (C=O) groups is 1. The van der Waals surface area contributed by atoms with E-state index in [0.717, 1.165) is 0 Å². The van der Waals surface area contributed by atoms with Crippen molar-refractivity contribution in [1.29, 1.82) is 0 Å². The minimum absolute atomic E-state index is 0.0330. The number of rotatable bonds is 1. The first kappa shape index (κ1) is 12.2. The number of carbonyl (C=O) groups excluding carboxylic acids is 1. The summed E-state index contributed by atoms with van der Waals surface area (Å²) in [6, 6.07) is 4.96. The van der Waals surface area contributed by atoms with Gasteiger partial charge in [0.25, 0.3) is 0 Å². The van der Waals surface area contributed by atoms with E-state index in [4.69, 9.17) is 11.6 Å². The molecule has 94 valence electrons. The molecule has 1 amide bonds. The number of phenolic OH excluding ortho intramolecular Hbond substituents is 1. The maximum atomic E-state index is 12.1. The van der Waals surface area contributed by atoms with Crippen molar-refractivity contribution in [3.63, 3.8) is 0 Å². The van der Waals surface area contributed by atoms with Gasteiger partial charge in [-0.1, -0.05) is 38.4 Å². The Kier molecular flexibility index (Phi) is 3.15. The van der Waals surface area contributed by atoms with Gasteiger partial charge in [-0.3, -0.25) is 4.79 Å². The zero-order valence-corrected chi connectivity index (χ0v) is 12.2. The van der Waals surface area contributed by atoms with Crippen molar-refractivity contribution in [3.8, 4) is 5.75 Å². The van der Waals surface area contributed by atoms with Crippen LogP contribution in [0.4, 0.5) is 0 Å². The average Bonchev–Trinajstić information content (AvgIpc) is 2.68. The lowest BCUT2D eigenvalue weighted by atomic mass is 9.85. The number of amides is 1. The summed E-state index contributed by atoms with van der Waals surface area (Å²) in [5.41, 5.74) is 0.616. The molecule has 2 heterocycles. The fourth-order valence-corrected chi connectivity index (χ4v) is 4.69. The van der Waals surface area contributed by atoms with Crippen LogP contribution < -0.4 is 5.32 Å². The largest absolute Gasteiger partial charge is 0.508 e. The molecule has 1 fully saturated rings. The van der Waals surface area contributed by atoms with Crippen LogP contribution in [0.15, 0.2) is 28.4 Å². The molecule has 0 saturated carbocycles. The molecule has 0 bridgehead atoms. The van der Waals surface area contributed by atoms with Gasteiger partial charge in [0, 0.05) is 16.5 Å². The standard InChI is InChI=1S/C13H11ClINO2/c14-7-1-2-11(17)9(5-7)12-8-3-4-15-6-10(8)16-13(12)18/h1-6,8,10,12,17H,(H,16,18). The molecule has 2 aliphatic heterocycles. The van der Waals surface area contributed by atoms with Gasteiger partial charge in [-0.05, 0) is 26.3 Å². The van der Waals surface area contributed by atoms with Crippen molar-refractivity contribution < 1.29 is 9.90 Å². The minimum atomic E-state index is -0.342. The third-order valence-corrected chi connectivity index (χ3v) is 5.55. The fraction of sp³-hybridized carbons (Fsp3) is 0.231. The molecule has 2 N–H and O–H groups in total. The summed E-state index contributed by atoms with van der Waals surface area (Å²) in [4.78, 5) is 12.1. The molecule has 1 aromatic rings. The molecule has 0 radical (unpaired) electrons. The Morgan fingerprint density at radius 1 is 1.39 bits per heavy atom. The van der Waals surface area contributed by atoms with Gasteiger partial charge in [0.15, 0.2) is 0 Å². The van der Waals surface area contributed by atoms with E-state index in [2.05, 4.69) is 19.5 Å². The molecular weight excluding hydrogens is 365 g/mol. The summed E-state index contributed by atoms with van der Waals surface area (Å²) in [6.07, 6.45) is 2.10. The molecule has 3 nitrogen and oxygen atoms in total. The summed E-state index contributed by atoms with van der Waals surface area (Å²) in [5, 5.41) is 13.5. The average molecular weight is 376 g/mol. The Morgan fingerprint density at radius 3 is 3.06 bits per heavy atom. The highest BCUT2D eigenvalue weighted by Crippen LogP contribution is 2.40. The monoisotopic (exact) mass is 375 g/mol. The lowest BCUT2D eigenvalue weighted by Crippen LogP contribution is -2.29. The van der Waals surface area contributed by atoms with E-state index in [9.17, 15) is 9.90 Å². The van der Waals surface area contributed by atoms with E-state index >= 15 is 0 Å². The molecule has 1 saturated heterocycles. The van der Waals surface area contributed by atoms with Crippen LogP contribution in [-0.4, -0.2) is 21.1 Å². The summed E-state index contributed by atoms with van der Waals surface area (Å²) in [5.74, 6) is -0.149. The Morgan fingerprint density at radius 2 is 2.22 bits per heavy atom. The smallest absolute Gasteiger partial charge is 0.228 e. The van der Waals surface area contributed by atoms with Gasteiger partial charge in [0.2, 0.25) is 5.91 Å². The van der Waals surface area contributed by atoms with Crippen LogP contribution in [0.3, 0.4) is 0 Å². The summed E-state index contributed by atoms with van der Waals surface area (Å²) < 4.78 is 4.36. The Bertz CT molecular complexity index is 570. The number of nitrogens with one attached hydrogen (secondary N) is 1. The zero-order chi connectivity index (χ0) is 12.7. The van der Waals surface area contributed by atoms with Crippen LogP contribution in [0.5, 0.6) is 5.75 Å². The molecular formula is C13H11ClINO2. The van der Waals surface area contributed by atoms with E-state index < -0.39 is 0 Å². The quantitative estimate of drug-likeness (QED) is 0.741. The Hall–Kier alpha value is -0.880. The molecule has 1 aromatic carbocycles. The maximum absolute atomic E-state index is 12.1. The molecule has 0 aliphatic carbocycles. The number of hydrogen-bond donors (Lipinski definition) is 2. The fourth-order valence-electron chi connectivity index (χ4n) is 2.45. The molecule has 0 aromatic heterocycles. The van der Waals surface area contributed by atoms with Crippen LogP contribution >= 0.6 is 32.3 Å². The van der Waals surface area contributed by atoms with Crippen molar-refractivity contribution in [2.45, 2.75) is 12.0 Å². The van der Waals surface area contributed by atoms with E-state index in [0.29, 0.717) is 10.6 Å². The minimum Gasteiger partial charge on any atom is -0.508 e. The number of hydrogen-bond acceptors (Lipinski definition) is 2.